The third-order valence-electron chi connectivity index (χ3n) is 7.92. The molecule has 0 spiro atoms. The second-order valence-electron chi connectivity index (χ2n) is 9.65. The van der Waals surface area contributed by atoms with Gasteiger partial charge in [-0.3, -0.25) is 4.21 Å². The minimum atomic E-state index is -1.08. The van der Waals surface area contributed by atoms with Gasteiger partial charge in [0, 0.05) is 43.7 Å². The van der Waals surface area contributed by atoms with Crippen molar-refractivity contribution in [2.24, 2.45) is 11.8 Å². The van der Waals surface area contributed by atoms with Crippen molar-refractivity contribution in [3.8, 4) is 0 Å². The maximum Gasteiger partial charge on any atom is 0.227 e. The van der Waals surface area contributed by atoms with Gasteiger partial charge in [-0.05, 0) is 43.9 Å². The lowest BCUT2D eigenvalue weighted by Gasteiger charge is -2.51. The summed E-state index contributed by atoms with van der Waals surface area (Å²) in [6, 6.07) is 0. The molecule has 3 atom stereocenters. The number of fused-ring (bicyclic) bond motifs is 2. The Kier molecular flexibility index (Phi) is 5.11. The van der Waals surface area contributed by atoms with Crippen LogP contribution in [0, 0.1) is 11.8 Å². The molecule has 0 amide bonds. The SMILES string of the molecule is O=[S@]1CCN(C2(CO)CCC2)c2nc(N3CC4CC(c5ncc(Cl)cn5)CC4C3)ncc21. The van der Waals surface area contributed by atoms with Crippen LogP contribution in [0.2, 0.25) is 5.02 Å². The highest BCUT2D eigenvalue weighted by molar-refractivity contribution is 7.85. The Morgan fingerprint density at radius 3 is 2.47 bits per heavy atom. The predicted molar refractivity (Wildman–Crippen MR) is 123 cm³/mol. The van der Waals surface area contributed by atoms with Crippen LogP contribution < -0.4 is 9.80 Å². The third-order valence-corrected chi connectivity index (χ3v) is 9.44. The second-order valence-corrected chi connectivity index (χ2v) is 11.6. The van der Waals surface area contributed by atoms with Crippen LogP contribution in [0.5, 0.6) is 0 Å². The lowest BCUT2D eigenvalue weighted by Crippen LogP contribution is -2.59. The van der Waals surface area contributed by atoms with Crippen molar-refractivity contribution in [3.05, 3.63) is 29.4 Å². The van der Waals surface area contributed by atoms with E-state index in [-0.39, 0.29) is 12.1 Å². The van der Waals surface area contributed by atoms with Gasteiger partial charge in [0.15, 0.2) is 5.82 Å². The van der Waals surface area contributed by atoms with Gasteiger partial charge in [-0.2, -0.15) is 4.98 Å². The van der Waals surface area contributed by atoms with Gasteiger partial charge in [-0.15, -0.1) is 0 Å². The topological polar surface area (TPSA) is 95.3 Å². The minimum absolute atomic E-state index is 0.112. The average Bonchev–Trinajstić information content (AvgIpc) is 3.35. The quantitative estimate of drug-likeness (QED) is 0.721. The highest BCUT2D eigenvalue weighted by Crippen LogP contribution is 2.47. The zero-order chi connectivity index (χ0) is 21.9. The molecule has 2 aromatic rings. The molecule has 4 aliphatic rings. The molecule has 10 heteroatoms. The van der Waals surface area contributed by atoms with Gasteiger partial charge < -0.3 is 14.9 Å². The van der Waals surface area contributed by atoms with Gasteiger partial charge >= 0.3 is 0 Å². The predicted octanol–water partition coefficient (Wildman–Crippen LogP) is 2.39. The molecule has 0 radical (unpaired) electrons. The Balaban J connectivity index is 1.22. The minimum Gasteiger partial charge on any atom is -0.394 e. The van der Waals surface area contributed by atoms with Crippen LogP contribution in [0.3, 0.4) is 0 Å². The number of nitrogens with zero attached hydrogens (tertiary/aromatic N) is 6. The van der Waals surface area contributed by atoms with Crippen LogP contribution in [-0.4, -0.2) is 66.8 Å². The van der Waals surface area contributed by atoms with Crippen LogP contribution in [0.1, 0.15) is 43.8 Å². The Labute approximate surface area is 194 Å². The van der Waals surface area contributed by atoms with Crippen molar-refractivity contribution in [3.63, 3.8) is 0 Å². The summed E-state index contributed by atoms with van der Waals surface area (Å²) < 4.78 is 12.6. The molecule has 2 unspecified atom stereocenters. The Bertz CT molecular complexity index is 1030. The Morgan fingerprint density at radius 2 is 1.84 bits per heavy atom. The van der Waals surface area contributed by atoms with Crippen LogP contribution in [0.25, 0.3) is 0 Å². The van der Waals surface area contributed by atoms with Gasteiger partial charge in [-0.1, -0.05) is 11.6 Å². The summed E-state index contributed by atoms with van der Waals surface area (Å²) in [5.74, 6) is 4.47. The lowest BCUT2D eigenvalue weighted by atomic mass is 9.76. The summed E-state index contributed by atoms with van der Waals surface area (Å²) in [6.07, 6.45) is 10.3. The third kappa shape index (κ3) is 3.31. The van der Waals surface area contributed by atoms with E-state index in [9.17, 15) is 9.32 Å². The Morgan fingerprint density at radius 1 is 1.12 bits per heavy atom. The Hall–Kier alpha value is -1.84. The standard InChI is InChI=1S/C22H27ClN6O2S/c23-17-8-24-19(25-9-17)14-6-15-11-28(12-16(15)7-14)21-26-10-18-20(27-21)29(4-5-32(18)31)22(13-30)2-1-3-22/h8-10,14-16,30H,1-7,11-13H2/t14?,15?,16?,32-/m0/s1. The molecular formula is C22H27ClN6O2S. The fraction of sp³-hybridized carbons (Fsp3) is 0.636. The highest BCUT2D eigenvalue weighted by Gasteiger charge is 2.46. The van der Waals surface area contributed by atoms with E-state index < -0.39 is 10.8 Å². The first-order valence-electron chi connectivity index (χ1n) is 11.4. The number of aliphatic hydroxyl groups is 1. The molecule has 1 saturated heterocycles. The molecule has 170 valence electrons. The smallest absolute Gasteiger partial charge is 0.227 e. The number of hydrogen-bond donors (Lipinski definition) is 1. The molecule has 0 aromatic carbocycles. The molecule has 4 heterocycles. The van der Waals surface area contributed by atoms with Gasteiger partial charge in [0.25, 0.3) is 0 Å². The van der Waals surface area contributed by atoms with Crippen molar-refractivity contribution in [1.82, 2.24) is 19.9 Å². The molecular weight excluding hydrogens is 448 g/mol. The number of aromatic nitrogens is 4. The number of hydrogen-bond acceptors (Lipinski definition) is 8. The van der Waals surface area contributed by atoms with E-state index in [1.165, 1.54) is 0 Å². The first kappa shape index (κ1) is 20.7. The molecule has 6 rings (SSSR count). The fourth-order valence-electron chi connectivity index (χ4n) is 6.02. The summed E-state index contributed by atoms with van der Waals surface area (Å²) in [5.41, 5.74) is -0.252. The molecule has 2 aromatic heterocycles. The molecule has 0 bridgehead atoms. The average molecular weight is 475 g/mol. The molecule has 2 aliphatic carbocycles. The first-order chi connectivity index (χ1) is 15.6. The van der Waals surface area contributed by atoms with E-state index in [4.69, 9.17) is 16.6 Å². The van der Waals surface area contributed by atoms with E-state index in [1.54, 1.807) is 18.6 Å². The van der Waals surface area contributed by atoms with Crippen molar-refractivity contribution < 1.29 is 9.32 Å². The van der Waals surface area contributed by atoms with Crippen molar-refractivity contribution >= 4 is 34.2 Å². The van der Waals surface area contributed by atoms with Crippen LogP contribution in [0.4, 0.5) is 11.8 Å². The van der Waals surface area contributed by atoms with E-state index in [0.717, 1.165) is 56.8 Å². The second kappa shape index (κ2) is 7.88. The molecule has 2 aliphatic heterocycles. The number of halogens is 1. The molecule has 32 heavy (non-hydrogen) atoms. The number of rotatable bonds is 4. The summed E-state index contributed by atoms with van der Waals surface area (Å²) >= 11 is 5.94. The van der Waals surface area contributed by atoms with E-state index in [0.29, 0.717) is 45.9 Å². The van der Waals surface area contributed by atoms with Gasteiger partial charge in [0.2, 0.25) is 5.95 Å². The van der Waals surface area contributed by atoms with Crippen LogP contribution >= 0.6 is 11.6 Å². The van der Waals surface area contributed by atoms with Crippen molar-refractivity contribution in [2.75, 3.05) is 41.8 Å². The first-order valence-corrected chi connectivity index (χ1v) is 13.1. The van der Waals surface area contributed by atoms with Gasteiger partial charge in [0.05, 0.1) is 39.1 Å². The van der Waals surface area contributed by atoms with Crippen LogP contribution in [0.15, 0.2) is 23.5 Å². The zero-order valence-electron chi connectivity index (χ0n) is 17.9. The molecule has 3 fully saturated rings. The van der Waals surface area contributed by atoms with Gasteiger partial charge in [0.1, 0.15) is 5.82 Å². The summed E-state index contributed by atoms with van der Waals surface area (Å²) in [4.78, 5) is 23.6. The van der Waals surface area contributed by atoms with Gasteiger partial charge in [-0.25, -0.2) is 15.0 Å². The fourth-order valence-corrected chi connectivity index (χ4v) is 7.21. The van der Waals surface area contributed by atoms with E-state index in [2.05, 4.69) is 24.8 Å². The zero-order valence-corrected chi connectivity index (χ0v) is 19.4. The summed E-state index contributed by atoms with van der Waals surface area (Å²) in [6.45, 7) is 2.62. The maximum atomic E-state index is 12.6. The largest absolute Gasteiger partial charge is 0.394 e. The molecule has 2 saturated carbocycles. The normalized spacial score (nSPS) is 30.7. The van der Waals surface area contributed by atoms with Crippen LogP contribution in [-0.2, 0) is 10.8 Å². The lowest BCUT2D eigenvalue weighted by molar-refractivity contribution is 0.115. The van der Waals surface area contributed by atoms with Crippen molar-refractivity contribution in [1.29, 1.82) is 0 Å². The molecule has 8 nitrogen and oxygen atoms in total. The highest BCUT2D eigenvalue weighted by atomic mass is 35.5. The maximum absolute atomic E-state index is 12.6. The van der Waals surface area contributed by atoms with Crippen molar-refractivity contribution in [2.45, 2.75) is 48.5 Å². The number of anilines is 2. The summed E-state index contributed by atoms with van der Waals surface area (Å²) in [7, 11) is -1.08. The van der Waals surface area contributed by atoms with E-state index in [1.807, 2.05) is 0 Å². The summed E-state index contributed by atoms with van der Waals surface area (Å²) in [5, 5.41) is 10.7. The molecule has 1 N–H and O–H groups in total. The number of aliphatic hydroxyl groups excluding tert-OH is 1. The monoisotopic (exact) mass is 474 g/mol. The van der Waals surface area contributed by atoms with E-state index >= 15 is 0 Å².